The quantitative estimate of drug-likeness (QED) is 0.523. The number of nitrogens with one attached hydrogen (secondary N) is 2. The summed E-state index contributed by atoms with van der Waals surface area (Å²) in [5.74, 6) is 0.00170. The van der Waals surface area contributed by atoms with E-state index >= 15 is 0 Å². The predicted molar refractivity (Wildman–Crippen MR) is 148 cm³/mol. The lowest BCUT2D eigenvalue weighted by Gasteiger charge is -2.45. The van der Waals surface area contributed by atoms with Gasteiger partial charge in [0.1, 0.15) is 0 Å². The molecule has 1 saturated heterocycles. The zero-order valence-electron chi connectivity index (χ0n) is 23.4. The SMILES string of the molecule is CN(C)CC(=O)NCC(=O)N[C@H]1C[C@H]2CC[C@]1(CS(=O)(=O)N1CCC3(CCc4ccccc43)CC1)C2(C)C. The molecule has 3 atom stereocenters. The van der Waals surface area contributed by atoms with Gasteiger partial charge in [-0.1, -0.05) is 38.1 Å². The van der Waals surface area contributed by atoms with Gasteiger partial charge in [0.15, 0.2) is 0 Å². The van der Waals surface area contributed by atoms with Crippen LogP contribution in [0.1, 0.15) is 63.5 Å². The number of sulfonamides is 1. The summed E-state index contributed by atoms with van der Waals surface area (Å²) in [7, 11) is 0.0968. The van der Waals surface area contributed by atoms with Gasteiger partial charge in [-0.25, -0.2) is 12.7 Å². The summed E-state index contributed by atoms with van der Waals surface area (Å²) in [6.45, 7) is 5.62. The summed E-state index contributed by atoms with van der Waals surface area (Å²) in [5, 5.41) is 5.82. The highest BCUT2D eigenvalue weighted by molar-refractivity contribution is 7.89. The molecule has 1 aromatic rings. The number of aryl methyl sites for hydroxylation is 1. The number of fused-ring (bicyclic) bond motifs is 4. The van der Waals surface area contributed by atoms with E-state index in [1.54, 1.807) is 23.3 Å². The zero-order valence-corrected chi connectivity index (χ0v) is 24.2. The number of nitrogens with zero attached hydrogens (tertiary/aromatic N) is 2. The maximum atomic E-state index is 14.0. The smallest absolute Gasteiger partial charge is 0.239 e. The van der Waals surface area contributed by atoms with Crippen LogP contribution in [0.4, 0.5) is 0 Å². The third-order valence-corrected chi connectivity index (χ3v) is 12.7. The molecule has 1 spiro atoms. The van der Waals surface area contributed by atoms with Crippen LogP contribution in [0.2, 0.25) is 0 Å². The number of hydrogen-bond donors (Lipinski definition) is 2. The van der Waals surface area contributed by atoms with E-state index in [9.17, 15) is 18.0 Å². The van der Waals surface area contributed by atoms with Gasteiger partial charge in [-0.05, 0) is 86.9 Å². The van der Waals surface area contributed by atoms with Gasteiger partial charge in [-0.15, -0.1) is 0 Å². The molecule has 3 fully saturated rings. The Balaban J connectivity index is 1.27. The van der Waals surface area contributed by atoms with Gasteiger partial charge in [-0.2, -0.15) is 0 Å². The first-order valence-electron chi connectivity index (χ1n) is 14.2. The van der Waals surface area contributed by atoms with E-state index in [4.69, 9.17) is 0 Å². The van der Waals surface area contributed by atoms with Crippen LogP contribution in [0.5, 0.6) is 0 Å². The lowest BCUT2D eigenvalue weighted by atomic mass is 9.69. The average molecular weight is 545 g/mol. The lowest BCUT2D eigenvalue weighted by molar-refractivity contribution is -0.127. The summed E-state index contributed by atoms with van der Waals surface area (Å²) in [6.07, 6.45) is 6.52. The highest BCUT2D eigenvalue weighted by atomic mass is 32.2. The third kappa shape index (κ3) is 4.68. The van der Waals surface area contributed by atoms with Crippen LogP contribution in [-0.4, -0.2) is 81.5 Å². The molecule has 5 rings (SSSR count). The lowest BCUT2D eigenvalue weighted by Crippen LogP contribution is -2.56. The van der Waals surface area contributed by atoms with Crippen molar-refractivity contribution < 1.29 is 18.0 Å². The summed E-state index contributed by atoms with van der Waals surface area (Å²) in [4.78, 5) is 26.6. The number of piperidine rings is 1. The molecular formula is C29H44N4O4S. The Kier molecular flexibility index (Phi) is 7.18. The molecule has 1 aliphatic heterocycles. The van der Waals surface area contributed by atoms with Gasteiger partial charge in [0.25, 0.3) is 0 Å². The van der Waals surface area contributed by atoms with Crippen LogP contribution in [0.3, 0.4) is 0 Å². The van der Waals surface area contributed by atoms with E-state index in [2.05, 4.69) is 48.7 Å². The molecule has 38 heavy (non-hydrogen) atoms. The summed E-state index contributed by atoms with van der Waals surface area (Å²) in [5.41, 5.74) is 2.26. The molecule has 2 amide bonds. The van der Waals surface area contributed by atoms with Crippen molar-refractivity contribution in [2.24, 2.45) is 16.7 Å². The first-order chi connectivity index (χ1) is 17.9. The molecule has 8 nitrogen and oxygen atoms in total. The van der Waals surface area contributed by atoms with Crippen LogP contribution in [0.25, 0.3) is 0 Å². The topological polar surface area (TPSA) is 98.8 Å². The maximum Gasteiger partial charge on any atom is 0.239 e. The van der Waals surface area contributed by atoms with Crippen molar-refractivity contribution in [1.82, 2.24) is 19.8 Å². The van der Waals surface area contributed by atoms with Crippen LogP contribution >= 0.6 is 0 Å². The molecule has 3 aliphatic carbocycles. The number of amides is 2. The van der Waals surface area contributed by atoms with Crippen LogP contribution in [-0.2, 0) is 31.4 Å². The van der Waals surface area contributed by atoms with E-state index in [1.807, 2.05) is 0 Å². The van der Waals surface area contributed by atoms with Crippen LogP contribution in [0.15, 0.2) is 24.3 Å². The van der Waals surface area contributed by atoms with Crippen LogP contribution < -0.4 is 10.6 Å². The fourth-order valence-corrected chi connectivity index (χ4v) is 10.6. The van der Waals surface area contributed by atoms with Gasteiger partial charge in [0, 0.05) is 24.5 Å². The molecule has 1 heterocycles. The Morgan fingerprint density at radius 2 is 1.76 bits per heavy atom. The Bertz CT molecular complexity index is 1190. The van der Waals surface area contributed by atoms with Gasteiger partial charge >= 0.3 is 0 Å². The Morgan fingerprint density at radius 1 is 1.05 bits per heavy atom. The van der Waals surface area contributed by atoms with Crippen molar-refractivity contribution in [1.29, 1.82) is 0 Å². The van der Waals surface area contributed by atoms with Crippen molar-refractivity contribution in [2.75, 3.05) is 46.0 Å². The van der Waals surface area contributed by atoms with Crippen LogP contribution in [0, 0.1) is 16.7 Å². The minimum absolute atomic E-state index is 0.0744. The second kappa shape index (κ2) is 9.89. The molecule has 9 heteroatoms. The molecule has 2 bridgehead atoms. The molecule has 1 aromatic carbocycles. The molecule has 2 N–H and O–H groups in total. The zero-order chi connectivity index (χ0) is 27.3. The molecular weight excluding hydrogens is 500 g/mol. The number of hydrogen-bond acceptors (Lipinski definition) is 5. The fourth-order valence-electron chi connectivity index (χ4n) is 8.28. The Labute approximate surface area is 228 Å². The van der Waals surface area contributed by atoms with Crippen molar-refractivity contribution in [3.8, 4) is 0 Å². The minimum Gasteiger partial charge on any atom is -0.351 e. The second-order valence-corrected chi connectivity index (χ2v) is 15.0. The summed E-state index contributed by atoms with van der Waals surface area (Å²) >= 11 is 0. The third-order valence-electron chi connectivity index (χ3n) is 10.6. The molecule has 2 saturated carbocycles. The van der Waals surface area contributed by atoms with Crippen molar-refractivity contribution in [3.05, 3.63) is 35.4 Å². The number of carbonyl (C=O) groups is 2. The second-order valence-electron chi connectivity index (χ2n) is 13.1. The Hall–Kier alpha value is -1.97. The van der Waals surface area contributed by atoms with Gasteiger partial charge in [-0.3, -0.25) is 9.59 Å². The van der Waals surface area contributed by atoms with E-state index < -0.39 is 15.4 Å². The summed E-state index contributed by atoms with van der Waals surface area (Å²) in [6, 6.07) is 8.45. The number of carbonyl (C=O) groups excluding carboxylic acids is 2. The first-order valence-corrected chi connectivity index (χ1v) is 15.8. The van der Waals surface area contributed by atoms with Gasteiger partial charge in [0.2, 0.25) is 21.8 Å². The number of likely N-dealkylation sites (N-methyl/N-ethyl adjacent to an activating group) is 1. The van der Waals surface area contributed by atoms with E-state index in [0.717, 1.165) is 44.9 Å². The monoisotopic (exact) mass is 544 g/mol. The maximum absolute atomic E-state index is 14.0. The first kappa shape index (κ1) is 27.6. The molecule has 0 radical (unpaired) electrons. The van der Waals surface area contributed by atoms with E-state index in [-0.39, 0.29) is 47.5 Å². The highest BCUT2D eigenvalue weighted by Gasteiger charge is 2.66. The number of benzene rings is 1. The predicted octanol–water partition coefficient (Wildman–Crippen LogP) is 2.29. The molecule has 0 unspecified atom stereocenters. The normalized spacial score (nSPS) is 29.5. The minimum atomic E-state index is -3.51. The van der Waals surface area contributed by atoms with E-state index in [0.29, 0.717) is 19.0 Å². The summed E-state index contributed by atoms with van der Waals surface area (Å²) < 4.78 is 29.7. The average Bonchev–Trinajstić information content (AvgIpc) is 3.39. The molecule has 210 valence electrons. The standard InChI is InChI=1S/C29H44N4O4S/c1-27(2)22-10-12-29(27,24(17-22)31-25(34)18-30-26(35)19-32(3)4)20-38(36,37)33-15-13-28(14-16-33)11-9-21-7-5-6-8-23(21)28/h5-8,22,24H,9-20H2,1-4H3,(H,30,35)(H,31,34)/t22-,24+,29-/m1/s1. The van der Waals surface area contributed by atoms with Crippen molar-refractivity contribution >= 4 is 21.8 Å². The largest absolute Gasteiger partial charge is 0.351 e. The van der Waals surface area contributed by atoms with Gasteiger partial charge in [0.05, 0.1) is 18.8 Å². The van der Waals surface area contributed by atoms with Crippen molar-refractivity contribution in [3.63, 3.8) is 0 Å². The number of rotatable bonds is 8. The van der Waals surface area contributed by atoms with E-state index in [1.165, 1.54) is 11.1 Å². The van der Waals surface area contributed by atoms with Gasteiger partial charge < -0.3 is 15.5 Å². The van der Waals surface area contributed by atoms with Crippen molar-refractivity contribution in [2.45, 2.75) is 70.3 Å². The molecule has 0 aromatic heterocycles. The fraction of sp³-hybridized carbons (Fsp3) is 0.724. The highest BCUT2D eigenvalue weighted by Crippen LogP contribution is 2.66. The Morgan fingerprint density at radius 3 is 2.45 bits per heavy atom. The molecule has 4 aliphatic rings.